The molecule has 0 amide bonds. The van der Waals surface area contributed by atoms with Crippen molar-refractivity contribution in [2.75, 3.05) is 44.3 Å². The van der Waals surface area contributed by atoms with Gasteiger partial charge in [0.1, 0.15) is 18.2 Å². The van der Waals surface area contributed by atoms with Gasteiger partial charge in [-0.1, -0.05) is 0 Å². The summed E-state index contributed by atoms with van der Waals surface area (Å²) in [4.78, 5) is 17.9. The molecule has 2 aromatic carbocycles. The summed E-state index contributed by atoms with van der Waals surface area (Å²) in [6.07, 6.45) is 7.55. The molecule has 3 aliphatic heterocycles. The van der Waals surface area contributed by atoms with Crippen LogP contribution in [0.1, 0.15) is 32.1 Å². The number of pyridine rings is 1. The largest absolute Gasteiger partial charge is 0.491 e. The van der Waals surface area contributed by atoms with Gasteiger partial charge in [-0.3, -0.25) is 14.3 Å². The molecule has 0 saturated carbocycles. The van der Waals surface area contributed by atoms with E-state index in [1.807, 2.05) is 30.3 Å². The van der Waals surface area contributed by atoms with Gasteiger partial charge in [0.25, 0.3) is 5.56 Å². The molecule has 0 spiro atoms. The molecule has 0 aliphatic carbocycles. The minimum absolute atomic E-state index is 0.142. The SMILES string of the molecule is O=c1c2ccc(OC[C@@H]3CCCO3)cc2ccn1-c1ccc(N2CC[C@@H](N3CCCC3)C2)c(F)c1. The maximum absolute atomic E-state index is 15.2. The average molecular weight is 478 g/mol. The smallest absolute Gasteiger partial charge is 0.262 e. The zero-order valence-electron chi connectivity index (χ0n) is 20.0. The van der Waals surface area contributed by atoms with Crippen LogP contribution in [0.2, 0.25) is 0 Å². The molecule has 1 aromatic heterocycles. The quantitative estimate of drug-likeness (QED) is 0.528. The van der Waals surface area contributed by atoms with Crippen molar-refractivity contribution in [3.05, 3.63) is 64.8 Å². The highest BCUT2D eigenvalue weighted by Crippen LogP contribution is 2.29. The number of anilines is 1. The van der Waals surface area contributed by atoms with Gasteiger partial charge in [-0.2, -0.15) is 0 Å². The van der Waals surface area contributed by atoms with Crippen LogP contribution in [0.15, 0.2) is 53.5 Å². The number of rotatable bonds is 6. The summed E-state index contributed by atoms with van der Waals surface area (Å²) in [6.45, 7) is 5.36. The Morgan fingerprint density at radius 3 is 2.69 bits per heavy atom. The van der Waals surface area contributed by atoms with Gasteiger partial charge in [0.05, 0.1) is 17.5 Å². The van der Waals surface area contributed by atoms with E-state index in [1.165, 1.54) is 23.5 Å². The third-order valence-electron chi connectivity index (χ3n) is 7.71. The van der Waals surface area contributed by atoms with Gasteiger partial charge < -0.3 is 14.4 Å². The molecule has 0 bridgehead atoms. The Balaban J connectivity index is 1.20. The monoisotopic (exact) mass is 477 g/mol. The highest BCUT2D eigenvalue weighted by molar-refractivity contribution is 5.83. The number of hydrogen-bond donors (Lipinski definition) is 0. The number of hydrogen-bond acceptors (Lipinski definition) is 5. The molecule has 3 aromatic rings. The molecule has 0 N–H and O–H groups in total. The van der Waals surface area contributed by atoms with Crippen molar-refractivity contribution in [1.29, 1.82) is 0 Å². The lowest BCUT2D eigenvalue weighted by Crippen LogP contribution is -2.35. The standard InChI is InChI=1S/C28H32FN3O3/c29-26-17-21(5-8-27(26)31-13-10-22(18-31)30-11-1-2-12-30)32-14-9-20-16-23(6-7-25(20)28(32)33)35-19-24-4-3-15-34-24/h5-9,14,16-17,22,24H,1-4,10-13,15,18-19H2/t22-,24+/m1/s1. The van der Waals surface area contributed by atoms with Crippen LogP contribution in [0.4, 0.5) is 10.1 Å². The lowest BCUT2D eigenvalue weighted by Gasteiger charge is -2.25. The van der Waals surface area contributed by atoms with Crippen molar-refractivity contribution in [2.24, 2.45) is 0 Å². The van der Waals surface area contributed by atoms with Crippen molar-refractivity contribution in [3.63, 3.8) is 0 Å². The molecule has 35 heavy (non-hydrogen) atoms. The van der Waals surface area contributed by atoms with Crippen LogP contribution >= 0.6 is 0 Å². The first-order valence-electron chi connectivity index (χ1n) is 12.8. The number of halogens is 1. The van der Waals surface area contributed by atoms with Crippen LogP contribution in [0.5, 0.6) is 5.75 Å². The molecular formula is C28H32FN3O3. The van der Waals surface area contributed by atoms with Gasteiger partial charge in [-0.15, -0.1) is 0 Å². The molecule has 0 unspecified atom stereocenters. The molecule has 2 atom stereocenters. The third-order valence-corrected chi connectivity index (χ3v) is 7.71. The van der Waals surface area contributed by atoms with E-state index in [4.69, 9.17) is 9.47 Å². The molecule has 184 valence electrons. The Morgan fingerprint density at radius 1 is 1.00 bits per heavy atom. The second-order valence-corrected chi connectivity index (χ2v) is 9.95. The number of aromatic nitrogens is 1. The third kappa shape index (κ3) is 4.55. The highest BCUT2D eigenvalue weighted by Gasteiger charge is 2.30. The second-order valence-electron chi connectivity index (χ2n) is 9.95. The predicted molar refractivity (Wildman–Crippen MR) is 135 cm³/mol. The number of nitrogens with zero attached hydrogens (tertiary/aromatic N) is 3. The van der Waals surface area contributed by atoms with E-state index in [0.717, 1.165) is 63.2 Å². The van der Waals surface area contributed by atoms with E-state index in [-0.39, 0.29) is 17.5 Å². The van der Waals surface area contributed by atoms with Gasteiger partial charge in [0, 0.05) is 43.4 Å². The number of likely N-dealkylation sites (tertiary alicyclic amines) is 1. The van der Waals surface area contributed by atoms with Gasteiger partial charge >= 0.3 is 0 Å². The fourth-order valence-electron chi connectivity index (χ4n) is 5.75. The van der Waals surface area contributed by atoms with E-state index < -0.39 is 0 Å². The summed E-state index contributed by atoms with van der Waals surface area (Å²) < 4.78 is 28.2. The van der Waals surface area contributed by atoms with Crippen molar-refractivity contribution >= 4 is 16.5 Å². The molecule has 3 saturated heterocycles. The topological polar surface area (TPSA) is 46.9 Å². The van der Waals surface area contributed by atoms with Crippen LogP contribution in [-0.2, 0) is 4.74 Å². The zero-order chi connectivity index (χ0) is 23.8. The molecule has 3 fully saturated rings. The highest BCUT2D eigenvalue weighted by atomic mass is 19.1. The van der Waals surface area contributed by atoms with E-state index in [1.54, 1.807) is 12.3 Å². The Kier molecular flexibility index (Phi) is 6.20. The van der Waals surface area contributed by atoms with Gasteiger partial charge in [-0.05, 0) is 87.0 Å². The van der Waals surface area contributed by atoms with Crippen LogP contribution < -0.4 is 15.2 Å². The number of benzene rings is 2. The fourth-order valence-corrected chi connectivity index (χ4v) is 5.75. The maximum Gasteiger partial charge on any atom is 0.262 e. The van der Waals surface area contributed by atoms with E-state index >= 15 is 4.39 Å². The first kappa shape index (κ1) is 22.6. The molecule has 6 nitrogen and oxygen atoms in total. The first-order valence-corrected chi connectivity index (χ1v) is 12.8. The molecule has 7 heteroatoms. The van der Waals surface area contributed by atoms with Crippen LogP contribution in [0.3, 0.4) is 0 Å². The molecular weight excluding hydrogens is 445 g/mol. The van der Waals surface area contributed by atoms with Crippen LogP contribution in [0, 0.1) is 5.82 Å². The predicted octanol–water partition coefficient (Wildman–Crippen LogP) is 4.36. The van der Waals surface area contributed by atoms with Crippen molar-refractivity contribution < 1.29 is 13.9 Å². The van der Waals surface area contributed by atoms with E-state index in [9.17, 15) is 4.79 Å². The first-order chi connectivity index (χ1) is 17.2. The van der Waals surface area contributed by atoms with E-state index in [2.05, 4.69) is 9.80 Å². The van der Waals surface area contributed by atoms with Crippen LogP contribution in [-0.4, -0.2) is 61.0 Å². The van der Waals surface area contributed by atoms with Crippen molar-refractivity contribution in [1.82, 2.24) is 9.47 Å². The Bertz CT molecular complexity index is 1260. The Labute approximate surface area is 204 Å². The Hall–Kier alpha value is -2.90. The molecule has 0 radical (unpaired) electrons. The minimum atomic E-state index is -0.283. The average Bonchev–Trinajstić information content (AvgIpc) is 3.66. The molecule has 6 rings (SSSR count). The van der Waals surface area contributed by atoms with Crippen molar-refractivity contribution in [3.8, 4) is 11.4 Å². The number of ether oxygens (including phenoxy) is 2. The summed E-state index contributed by atoms with van der Waals surface area (Å²) in [7, 11) is 0. The maximum atomic E-state index is 15.2. The lowest BCUT2D eigenvalue weighted by atomic mass is 10.1. The molecule has 3 aliphatic rings. The lowest BCUT2D eigenvalue weighted by molar-refractivity contribution is 0.0680. The summed E-state index contributed by atoms with van der Waals surface area (Å²) in [6, 6.07) is 13.0. The minimum Gasteiger partial charge on any atom is -0.491 e. The summed E-state index contributed by atoms with van der Waals surface area (Å²) in [5.41, 5.74) is 0.986. The number of fused-ring (bicyclic) bond motifs is 1. The van der Waals surface area contributed by atoms with Crippen LogP contribution in [0.25, 0.3) is 16.5 Å². The summed E-state index contributed by atoms with van der Waals surface area (Å²) >= 11 is 0. The fraction of sp³-hybridized carbons (Fsp3) is 0.464. The van der Waals surface area contributed by atoms with Gasteiger partial charge in [0.15, 0.2) is 0 Å². The van der Waals surface area contributed by atoms with E-state index in [0.29, 0.717) is 29.4 Å². The summed E-state index contributed by atoms with van der Waals surface area (Å²) in [5, 5.41) is 1.38. The second kappa shape index (κ2) is 9.63. The molecule has 4 heterocycles. The van der Waals surface area contributed by atoms with Gasteiger partial charge in [-0.25, -0.2) is 4.39 Å². The van der Waals surface area contributed by atoms with Gasteiger partial charge in [0.2, 0.25) is 0 Å². The zero-order valence-corrected chi connectivity index (χ0v) is 20.0. The Morgan fingerprint density at radius 2 is 1.89 bits per heavy atom. The normalized spacial score (nSPS) is 22.9. The van der Waals surface area contributed by atoms with Crippen molar-refractivity contribution in [2.45, 2.75) is 44.2 Å². The summed E-state index contributed by atoms with van der Waals surface area (Å²) in [5.74, 6) is 0.438.